The standard InChI is InChI=1S/C22H28N2O4/c1-14-8-9-16(28-14)12-23-21(26)11-18-15(2)24(13-17-5-4-10-27-17)19-6-3-7-20(25)22(18)19/h8-9,17H,3-7,10-13H2,1-2H3,(H,23,26)/t17-/m1/s1. The van der Waals surface area contributed by atoms with E-state index in [1.54, 1.807) is 0 Å². The normalized spacial score (nSPS) is 19.1. The highest BCUT2D eigenvalue weighted by atomic mass is 16.5. The van der Waals surface area contributed by atoms with Gasteiger partial charge in [-0.3, -0.25) is 9.59 Å². The lowest BCUT2D eigenvalue weighted by Gasteiger charge is -2.18. The molecule has 2 aromatic rings. The zero-order valence-corrected chi connectivity index (χ0v) is 16.7. The average Bonchev–Trinajstić information content (AvgIpc) is 3.38. The molecular formula is C22H28N2O4. The van der Waals surface area contributed by atoms with Crippen LogP contribution in [0.2, 0.25) is 0 Å². The third-order valence-electron chi connectivity index (χ3n) is 5.86. The van der Waals surface area contributed by atoms with Crippen molar-refractivity contribution >= 4 is 11.7 Å². The molecule has 3 heterocycles. The van der Waals surface area contributed by atoms with Gasteiger partial charge in [-0.15, -0.1) is 0 Å². The number of hydrogen-bond donors (Lipinski definition) is 1. The van der Waals surface area contributed by atoms with Crippen LogP contribution in [0.4, 0.5) is 0 Å². The molecule has 1 aliphatic heterocycles. The molecule has 1 saturated heterocycles. The molecule has 4 rings (SSSR count). The first kappa shape index (κ1) is 19.0. The molecule has 1 atom stereocenters. The van der Waals surface area contributed by atoms with Crippen molar-refractivity contribution in [2.45, 2.75) is 71.6 Å². The Kier molecular flexibility index (Phi) is 5.40. The van der Waals surface area contributed by atoms with Gasteiger partial charge in [-0.05, 0) is 57.2 Å². The van der Waals surface area contributed by atoms with E-state index in [0.29, 0.717) is 13.0 Å². The van der Waals surface area contributed by atoms with Gasteiger partial charge < -0.3 is 19.0 Å². The Bertz CT molecular complexity index is 887. The number of carbonyl (C=O) groups excluding carboxylic acids is 2. The second-order valence-corrected chi connectivity index (χ2v) is 7.87. The van der Waals surface area contributed by atoms with Gasteiger partial charge in [-0.1, -0.05) is 0 Å². The summed E-state index contributed by atoms with van der Waals surface area (Å²) in [5, 5.41) is 2.91. The minimum atomic E-state index is -0.0902. The van der Waals surface area contributed by atoms with Gasteiger partial charge in [0, 0.05) is 36.5 Å². The Morgan fingerprint density at radius 1 is 1.25 bits per heavy atom. The van der Waals surface area contributed by atoms with Crippen molar-refractivity contribution in [2.75, 3.05) is 6.61 Å². The van der Waals surface area contributed by atoms with Crippen LogP contribution in [0.1, 0.15) is 64.5 Å². The highest BCUT2D eigenvalue weighted by Gasteiger charge is 2.30. The Morgan fingerprint density at radius 3 is 2.82 bits per heavy atom. The minimum Gasteiger partial charge on any atom is -0.465 e. The first-order valence-corrected chi connectivity index (χ1v) is 10.2. The smallest absolute Gasteiger partial charge is 0.224 e. The first-order valence-electron chi connectivity index (χ1n) is 10.2. The second kappa shape index (κ2) is 7.95. The van der Waals surface area contributed by atoms with Gasteiger partial charge in [0.05, 0.1) is 19.1 Å². The van der Waals surface area contributed by atoms with Crippen molar-refractivity contribution in [2.24, 2.45) is 0 Å². The fourth-order valence-electron chi connectivity index (χ4n) is 4.43. The molecule has 0 aromatic carbocycles. The lowest BCUT2D eigenvalue weighted by molar-refractivity contribution is -0.120. The number of hydrogen-bond acceptors (Lipinski definition) is 4. The Hall–Kier alpha value is -2.34. The average molecular weight is 384 g/mol. The summed E-state index contributed by atoms with van der Waals surface area (Å²) >= 11 is 0. The molecule has 1 N–H and O–H groups in total. The molecule has 0 spiro atoms. The number of carbonyl (C=O) groups is 2. The van der Waals surface area contributed by atoms with E-state index < -0.39 is 0 Å². The third-order valence-corrected chi connectivity index (χ3v) is 5.86. The quantitative estimate of drug-likeness (QED) is 0.830. The summed E-state index contributed by atoms with van der Waals surface area (Å²) in [7, 11) is 0. The van der Waals surface area contributed by atoms with E-state index >= 15 is 0 Å². The van der Waals surface area contributed by atoms with Gasteiger partial charge in [0.1, 0.15) is 11.5 Å². The molecule has 1 aliphatic carbocycles. The van der Waals surface area contributed by atoms with Crippen molar-refractivity contribution in [3.63, 3.8) is 0 Å². The summed E-state index contributed by atoms with van der Waals surface area (Å²) in [4.78, 5) is 25.3. The van der Waals surface area contributed by atoms with Crippen LogP contribution in [-0.2, 0) is 35.5 Å². The maximum absolute atomic E-state index is 12.7. The molecule has 1 fully saturated rings. The molecule has 0 bridgehead atoms. The summed E-state index contributed by atoms with van der Waals surface area (Å²) in [6.45, 7) is 5.85. The molecule has 1 amide bonds. The molecule has 6 nitrogen and oxygen atoms in total. The highest BCUT2D eigenvalue weighted by molar-refractivity contribution is 6.01. The number of fused-ring (bicyclic) bond motifs is 1. The van der Waals surface area contributed by atoms with Crippen molar-refractivity contribution in [3.05, 3.63) is 46.2 Å². The third kappa shape index (κ3) is 3.78. The Morgan fingerprint density at radius 2 is 2.11 bits per heavy atom. The highest BCUT2D eigenvalue weighted by Crippen LogP contribution is 2.31. The number of furan rings is 1. The van der Waals surface area contributed by atoms with Crippen LogP contribution in [0.3, 0.4) is 0 Å². The molecule has 28 heavy (non-hydrogen) atoms. The van der Waals surface area contributed by atoms with Crippen molar-refractivity contribution in [3.8, 4) is 0 Å². The monoisotopic (exact) mass is 384 g/mol. The molecule has 0 radical (unpaired) electrons. The van der Waals surface area contributed by atoms with Crippen LogP contribution < -0.4 is 5.32 Å². The van der Waals surface area contributed by atoms with Crippen molar-refractivity contribution in [1.29, 1.82) is 0 Å². The van der Waals surface area contributed by atoms with Crippen LogP contribution in [0.5, 0.6) is 0 Å². The molecule has 2 aliphatic rings. The number of ether oxygens (including phenoxy) is 1. The molecule has 6 heteroatoms. The first-order chi connectivity index (χ1) is 13.5. The minimum absolute atomic E-state index is 0.0902. The number of nitrogens with one attached hydrogen (secondary N) is 1. The van der Waals surface area contributed by atoms with Gasteiger partial charge in [-0.2, -0.15) is 0 Å². The van der Waals surface area contributed by atoms with Gasteiger partial charge in [0.25, 0.3) is 0 Å². The SMILES string of the molecule is Cc1ccc(CNC(=O)Cc2c3c(n(C[C@H]4CCCO4)c2C)CCCC3=O)o1. The molecular weight excluding hydrogens is 356 g/mol. The fourth-order valence-corrected chi connectivity index (χ4v) is 4.43. The Balaban J connectivity index is 1.54. The van der Waals surface area contributed by atoms with E-state index in [1.165, 1.54) is 0 Å². The number of ketones is 1. The maximum atomic E-state index is 12.7. The van der Waals surface area contributed by atoms with Crippen LogP contribution in [0.15, 0.2) is 16.5 Å². The summed E-state index contributed by atoms with van der Waals surface area (Å²) in [5.74, 6) is 1.63. The predicted octanol–water partition coefficient (Wildman–Crippen LogP) is 3.25. The maximum Gasteiger partial charge on any atom is 0.224 e. The second-order valence-electron chi connectivity index (χ2n) is 7.87. The van der Waals surface area contributed by atoms with Gasteiger partial charge in [0.2, 0.25) is 5.91 Å². The van der Waals surface area contributed by atoms with Gasteiger partial charge >= 0.3 is 0 Å². The Labute approximate surface area is 165 Å². The molecule has 0 unspecified atom stereocenters. The van der Waals surface area contributed by atoms with Crippen LogP contribution >= 0.6 is 0 Å². The number of Topliss-reactive ketones (excluding diaryl/α,β-unsaturated/α-hetero) is 1. The largest absolute Gasteiger partial charge is 0.465 e. The summed E-state index contributed by atoms with van der Waals surface area (Å²) < 4.78 is 13.6. The number of nitrogens with zero attached hydrogens (tertiary/aromatic N) is 1. The van der Waals surface area contributed by atoms with Crippen molar-refractivity contribution in [1.82, 2.24) is 9.88 Å². The number of aromatic nitrogens is 1. The molecule has 2 aromatic heterocycles. The van der Waals surface area contributed by atoms with E-state index in [1.807, 2.05) is 26.0 Å². The van der Waals surface area contributed by atoms with Crippen LogP contribution in [-0.4, -0.2) is 29.0 Å². The summed E-state index contributed by atoms with van der Waals surface area (Å²) in [6, 6.07) is 3.75. The predicted molar refractivity (Wildman–Crippen MR) is 104 cm³/mol. The topological polar surface area (TPSA) is 73.5 Å². The lowest BCUT2D eigenvalue weighted by atomic mass is 9.92. The van der Waals surface area contributed by atoms with E-state index in [4.69, 9.17) is 9.15 Å². The number of amides is 1. The van der Waals surface area contributed by atoms with E-state index in [0.717, 1.165) is 72.9 Å². The van der Waals surface area contributed by atoms with E-state index in [9.17, 15) is 9.59 Å². The van der Waals surface area contributed by atoms with Gasteiger partial charge in [-0.25, -0.2) is 0 Å². The van der Waals surface area contributed by atoms with Gasteiger partial charge in [0.15, 0.2) is 5.78 Å². The number of aryl methyl sites for hydroxylation is 1. The lowest BCUT2D eigenvalue weighted by Crippen LogP contribution is -2.25. The zero-order chi connectivity index (χ0) is 19.7. The van der Waals surface area contributed by atoms with E-state index in [-0.39, 0.29) is 24.2 Å². The van der Waals surface area contributed by atoms with E-state index in [2.05, 4.69) is 9.88 Å². The van der Waals surface area contributed by atoms with Crippen LogP contribution in [0.25, 0.3) is 0 Å². The molecule has 0 saturated carbocycles. The number of rotatable bonds is 6. The van der Waals surface area contributed by atoms with Crippen molar-refractivity contribution < 1.29 is 18.7 Å². The summed E-state index contributed by atoms with van der Waals surface area (Å²) in [5.41, 5.74) is 3.78. The zero-order valence-electron chi connectivity index (χ0n) is 16.7. The summed E-state index contributed by atoms with van der Waals surface area (Å²) in [6.07, 6.45) is 4.91. The van der Waals surface area contributed by atoms with Crippen LogP contribution in [0, 0.1) is 13.8 Å². The molecule has 150 valence electrons. The fraction of sp³-hybridized carbons (Fsp3) is 0.545.